The minimum absolute atomic E-state index is 0.0580. The standard InChI is InChI=1S/C23H30N2O3/c1-24(15-18-8-5-4-6-9-18)23(26)20-10-7-13-25(17-20)16-19-11-12-21(27-2)22(14-19)28-3/h4-6,8-9,11-12,14,20H,7,10,13,15-17H2,1-3H3/t20-/m1/s1. The molecule has 0 unspecified atom stereocenters. The van der Waals surface area contributed by atoms with Crippen LogP contribution in [0.2, 0.25) is 0 Å². The van der Waals surface area contributed by atoms with Crippen molar-refractivity contribution in [3.05, 3.63) is 59.7 Å². The summed E-state index contributed by atoms with van der Waals surface area (Å²) in [6, 6.07) is 16.2. The lowest BCUT2D eigenvalue weighted by Gasteiger charge is -2.34. The summed E-state index contributed by atoms with van der Waals surface area (Å²) >= 11 is 0. The van der Waals surface area contributed by atoms with E-state index in [-0.39, 0.29) is 11.8 Å². The molecule has 0 N–H and O–H groups in total. The first-order valence-corrected chi connectivity index (χ1v) is 9.83. The summed E-state index contributed by atoms with van der Waals surface area (Å²) in [7, 11) is 5.20. The number of carbonyl (C=O) groups is 1. The summed E-state index contributed by atoms with van der Waals surface area (Å²) in [5.41, 5.74) is 2.33. The van der Waals surface area contributed by atoms with E-state index in [4.69, 9.17) is 9.47 Å². The molecule has 0 aromatic heterocycles. The third kappa shape index (κ3) is 5.04. The number of rotatable bonds is 7. The molecule has 1 aliphatic heterocycles. The highest BCUT2D eigenvalue weighted by molar-refractivity contribution is 5.79. The maximum absolute atomic E-state index is 12.9. The Morgan fingerprint density at radius 1 is 1.07 bits per heavy atom. The third-order valence-electron chi connectivity index (χ3n) is 5.35. The number of likely N-dealkylation sites (tertiary alicyclic amines) is 1. The fourth-order valence-corrected chi connectivity index (χ4v) is 3.88. The average Bonchev–Trinajstić information content (AvgIpc) is 2.74. The van der Waals surface area contributed by atoms with E-state index in [1.165, 1.54) is 5.56 Å². The fourth-order valence-electron chi connectivity index (χ4n) is 3.88. The van der Waals surface area contributed by atoms with E-state index in [0.717, 1.165) is 49.5 Å². The summed E-state index contributed by atoms with van der Waals surface area (Å²) in [5.74, 6) is 1.77. The quantitative estimate of drug-likeness (QED) is 0.734. The first-order chi connectivity index (χ1) is 13.6. The number of ether oxygens (including phenoxy) is 2. The van der Waals surface area contributed by atoms with Crippen LogP contribution in [-0.4, -0.2) is 50.1 Å². The predicted octanol–water partition coefficient (Wildman–Crippen LogP) is 3.57. The number of nitrogens with zero attached hydrogens (tertiary/aromatic N) is 2. The van der Waals surface area contributed by atoms with Crippen LogP contribution in [0.25, 0.3) is 0 Å². The molecule has 1 atom stereocenters. The highest BCUT2D eigenvalue weighted by Crippen LogP contribution is 2.29. The van der Waals surface area contributed by atoms with Crippen LogP contribution in [0.3, 0.4) is 0 Å². The Bertz CT molecular complexity index is 779. The smallest absolute Gasteiger partial charge is 0.227 e. The molecule has 1 heterocycles. The molecule has 0 saturated carbocycles. The summed E-state index contributed by atoms with van der Waals surface area (Å²) in [5, 5.41) is 0. The average molecular weight is 383 g/mol. The van der Waals surface area contributed by atoms with Crippen LogP contribution in [-0.2, 0) is 17.9 Å². The molecule has 2 aromatic carbocycles. The molecule has 1 saturated heterocycles. The van der Waals surface area contributed by atoms with Gasteiger partial charge in [-0.1, -0.05) is 36.4 Å². The van der Waals surface area contributed by atoms with Gasteiger partial charge in [-0.05, 0) is 42.6 Å². The van der Waals surface area contributed by atoms with Crippen molar-refractivity contribution < 1.29 is 14.3 Å². The maximum atomic E-state index is 12.9. The summed E-state index contributed by atoms with van der Waals surface area (Å²) in [6.45, 7) is 3.28. The van der Waals surface area contributed by atoms with Crippen molar-refractivity contribution in [3.63, 3.8) is 0 Å². The van der Waals surface area contributed by atoms with Gasteiger partial charge >= 0.3 is 0 Å². The first kappa shape index (κ1) is 20.2. The Morgan fingerprint density at radius 2 is 1.82 bits per heavy atom. The van der Waals surface area contributed by atoms with Crippen LogP contribution in [0.15, 0.2) is 48.5 Å². The third-order valence-corrected chi connectivity index (χ3v) is 5.35. The van der Waals surface area contributed by atoms with Crippen molar-refractivity contribution >= 4 is 5.91 Å². The van der Waals surface area contributed by atoms with Gasteiger partial charge in [0.25, 0.3) is 0 Å². The van der Waals surface area contributed by atoms with Crippen molar-refractivity contribution in [1.82, 2.24) is 9.80 Å². The molecule has 2 aromatic rings. The number of hydrogen-bond donors (Lipinski definition) is 0. The Morgan fingerprint density at radius 3 is 2.54 bits per heavy atom. The van der Waals surface area contributed by atoms with Crippen molar-refractivity contribution in [2.75, 3.05) is 34.4 Å². The molecule has 3 rings (SSSR count). The Kier molecular flexibility index (Phi) is 6.93. The second-order valence-corrected chi connectivity index (χ2v) is 7.44. The number of piperidine rings is 1. The van der Waals surface area contributed by atoms with Crippen LogP contribution in [0.4, 0.5) is 0 Å². The van der Waals surface area contributed by atoms with E-state index in [9.17, 15) is 4.79 Å². The zero-order valence-corrected chi connectivity index (χ0v) is 17.1. The Labute approximate surface area is 167 Å². The zero-order chi connectivity index (χ0) is 19.9. The molecule has 0 bridgehead atoms. The molecule has 0 aliphatic carbocycles. The summed E-state index contributed by atoms with van der Waals surface area (Å²) in [4.78, 5) is 17.2. The van der Waals surface area contributed by atoms with E-state index in [2.05, 4.69) is 23.1 Å². The van der Waals surface area contributed by atoms with Gasteiger partial charge in [-0.25, -0.2) is 0 Å². The number of amides is 1. The van der Waals surface area contributed by atoms with E-state index in [1.807, 2.05) is 42.3 Å². The topological polar surface area (TPSA) is 42.0 Å². The number of benzene rings is 2. The monoisotopic (exact) mass is 382 g/mol. The van der Waals surface area contributed by atoms with Gasteiger partial charge in [0.15, 0.2) is 11.5 Å². The van der Waals surface area contributed by atoms with Crippen molar-refractivity contribution in [2.45, 2.75) is 25.9 Å². The van der Waals surface area contributed by atoms with Gasteiger partial charge in [0.05, 0.1) is 20.1 Å². The highest BCUT2D eigenvalue weighted by Gasteiger charge is 2.28. The second kappa shape index (κ2) is 9.60. The summed E-state index contributed by atoms with van der Waals surface area (Å²) in [6.07, 6.45) is 2.00. The minimum atomic E-state index is 0.0580. The number of methoxy groups -OCH3 is 2. The van der Waals surface area contributed by atoms with Crippen LogP contribution < -0.4 is 9.47 Å². The van der Waals surface area contributed by atoms with Crippen LogP contribution in [0.5, 0.6) is 11.5 Å². The molecule has 1 fully saturated rings. The van der Waals surface area contributed by atoms with Gasteiger partial charge in [-0.15, -0.1) is 0 Å². The lowest BCUT2D eigenvalue weighted by atomic mass is 9.96. The second-order valence-electron chi connectivity index (χ2n) is 7.44. The van der Waals surface area contributed by atoms with E-state index >= 15 is 0 Å². The molecule has 28 heavy (non-hydrogen) atoms. The van der Waals surface area contributed by atoms with Gasteiger partial charge in [-0.3, -0.25) is 9.69 Å². The van der Waals surface area contributed by atoms with Crippen LogP contribution >= 0.6 is 0 Å². The van der Waals surface area contributed by atoms with Gasteiger partial charge in [0.1, 0.15) is 0 Å². The number of hydrogen-bond acceptors (Lipinski definition) is 4. The Balaban J connectivity index is 1.59. The van der Waals surface area contributed by atoms with Gasteiger partial charge < -0.3 is 14.4 Å². The van der Waals surface area contributed by atoms with Crippen LogP contribution in [0.1, 0.15) is 24.0 Å². The highest BCUT2D eigenvalue weighted by atomic mass is 16.5. The SMILES string of the molecule is COc1ccc(CN2CCC[C@@H](C(=O)N(C)Cc3ccccc3)C2)cc1OC. The molecule has 5 nitrogen and oxygen atoms in total. The Hall–Kier alpha value is -2.53. The molecular formula is C23H30N2O3. The van der Waals surface area contributed by atoms with E-state index in [1.54, 1.807) is 14.2 Å². The van der Waals surface area contributed by atoms with Crippen molar-refractivity contribution in [3.8, 4) is 11.5 Å². The fraction of sp³-hybridized carbons (Fsp3) is 0.435. The molecule has 0 spiro atoms. The normalized spacial score (nSPS) is 17.2. The van der Waals surface area contributed by atoms with Crippen LogP contribution in [0, 0.1) is 5.92 Å². The van der Waals surface area contributed by atoms with Gasteiger partial charge in [0.2, 0.25) is 5.91 Å². The van der Waals surface area contributed by atoms with Crippen molar-refractivity contribution in [1.29, 1.82) is 0 Å². The van der Waals surface area contributed by atoms with Crippen molar-refractivity contribution in [2.24, 2.45) is 5.92 Å². The lowest BCUT2D eigenvalue weighted by Crippen LogP contribution is -2.43. The molecule has 150 valence electrons. The zero-order valence-electron chi connectivity index (χ0n) is 17.1. The summed E-state index contributed by atoms with van der Waals surface area (Å²) < 4.78 is 10.7. The predicted molar refractivity (Wildman–Crippen MR) is 110 cm³/mol. The molecule has 1 aliphatic rings. The van der Waals surface area contributed by atoms with Gasteiger partial charge in [-0.2, -0.15) is 0 Å². The molecule has 1 amide bonds. The molecular weight excluding hydrogens is 352 g/mol. The van der Waals surface area contributed by atoms with E-state index < -0.39 is 0 Å². The molecule has 5 heteroatoms. The minimum Gasteiger partial charge on any atom is -0.493 e. The van der Waals surface area contributed by atoms with E-state index in [0.29, 0.717) is 6.54 Å². The first-order valence-electron chi connectivity index (χ1n) is 9.83. The maximum Gasteiger partial charge on any atom is 0.227 e. The molecule has 0 radical (unpaired) electrons. The lowest BCUT2D eigenvalue weighted by molar-refractivity contribution is -0.136. The number of carbonyl (C=O) groups excluding carboxylic acids is 1. The largest absolute Gasteiger partial charge is 0.493 e. The van der Waals surface area contributed by atoms with Gasteiger partial charge in [0, 0.05) is 26.7 Å².